The Kier molecular flexibility index (Phi) is 9.83. The van der Waals surface area contributed by atoms with Crippen molar-refractivity contribution in [3.63, 3.8) is 0 Å². The van der Waals surface area contributed by atoms with E-state index in [1.165, 1.54) is 56.1 Å². The third kappa shape index (κ3) is 7.52. The van der Waals surface area contributed by atoms with E-state index in [2.05, 4.69) is 63.0 Å². The zero-order valence-electron chi connectivity index (χ0n) is 17.2. The summed E-state index contributed by atoms with van der Waals surface area (Å²) >= 11 is 0. The topological polar surface area (TPSA) is 24.4 Å². The Bertz CT molecular complexity index is 592. The predicted octanol–water partition coefficient (Wildman–Crippen LogP) is 6.73. The van der Waals surface area contributed by atoms with Gasteiger partial charge in [-0.2, -0.15) is 0 Å². The highest BCUT2D eigenvalue weighted by Crippen LogP contribution is 2.38. The van der Waals surface area contributed by atoms with Crippen molar-refractivity contribution in [2.75, 3.05) is 13.1 Å². The Morgan fingerprint density at radius 3 is 2.78 bits per heavy atom. The van der Waals surface area contributed by atoms with Crippen molar-refractivity contribution in [3.05, 3.63) is 48.0 Å². The first-order valence-corrected chi connectivity index (χ1v) is 10.4. The molecule has 0 aromatic heterocycles. The van der Waals surface area contributed by atoms with Crippen LogP contribution in [0.15, 0.2) is 41.9 Å². The largest absolute Gasteiger partial charge is 0.376 e. The average Bonchev–Trinajstić information content (AvgIpc) is 2.67. The second kappa shape index (κ2) is 11.3. The quantitative estimate of drug-likeness (QED) is 0.551. The smallest absolute Gasteiger partial charge is 0.0824 e. The van der Waals surface area contributed by atoms with Gasteiger partial charge < -0.3 is 5.32 Å². The van der Waals surface area contributed by atoms with Crippen LogP contribution in [-0.2, 0) is 6.42 Å². The van der Waals surface area contributed by atoms with Crippen LogP contribution in [0.25, 0.3) is 0 Å². The van der Waals surface area contributed by atoms with Crippen LogP contribution in [0.3, 0.4) is 0 Å². The monoisotopic (exact) mass is 370 g/mol. The molecule has 0 spiro atoms. The van der Waals surface area contributed by atoms with Gasteiger partial charge >= 0.3 is 0 Å². The third-order valence-corrected chi connectivity index (χ3v) is 6.40. The number of aliphatic imine (C=N–C) groups is 1. The second-order valence-corrected chi connectivity index (χ2v) is 8.58. The van der Waals surface area contributed by atoms with Gasteiger partial charge in [0.05, 0.1) is 6.34 Å². The van der Waals surface area contributed by atoms with Gasteiger partial charge in [-0.1, -0.05) is 63.6 Å². The number of aryl methyl sites for hydroxylation is 2. The highest BCUT2D eigenvalue weighted by molar-refractivity contribution is 5.54. The van der Waals surface area contributed by atoms with Gasteiger partial charge in [0.15, 0.2) is 0 Å². The molecule has 1 aromatic rings. The number of hydrogen-bond donors (Lipinski definition) is 1. The normalized spacial score (nSPS) is 26.3. The maximum Gasteiger partial charge on any atom is 0.0824 e. The van der Waals surface area contributed by atoms with Gasteiger partial charge in [0.25, 0.3) is 0 Å². The zero-order chi connectivity index (χ0) is 18.9. The fraction of sp³-hybridized carbons (Fsp3) is 0.640. The molecule has 0 aliphatic carbocycles. The van der Waals surface area contributed by atoms with Crippen LogP contribution < -0.4 is 5.32 Å². The third-order valence-electron chi connectivity index (χ3n) is 6.40. The fourth-order valence-corrected chi connectivity index (χ4v) is 4.21. The first-order valence-electron chi connectivity index (χ1n) is 10.4. The molecule has 2 rings (SSSR count). The molecule has 2 unspecified atom stereocenters. The maximum absolute atomic E-state index is 4.75. The fourth-order valence-electron chi connectivity index (χ4n) is 4.21. The minimum atomic E-state index is 0. The Labute approximate surface area is 168 Å². The number of nitrogens with one attached hydrogen (secondary N) is 1. The summed E-state index contributed by atoms with van der Waals surface area (Å²) in [6.07, 6.45) is 13.9. The summed E-state index contributed by atoms with van der Waals surface area (Å²) in [5, 5.41) is 3.38. The molecule has 1 heterocycles. The molecule has 0 fully saturated rings. The van der Waals surface area contributed by atoms with Gasteiger partial charge in [0.1, 0.15) is 0 Å². The van der Waals surface area contributed by atoms with Crippen LogP contribution in [0.2, 0.25) is 0 Å². The minimum absolute atomic E-state index is 0. The molecule has 2 nitrogen and oxygen atoms in total. The number of nitrogens with zero attached hydrogens (tertiary/aromatic N) is 1. The summed E-state index contributed by atoms with van der Waals surface area (Å²) < 4.78 is 0. The SMILES string of the molecule is C.C=CC1(C)CCCC(CC)(CCCc2cccc(C)c2)CN=CNCC1. The second-order valence-electron chi connectivity index (χ2n) is 8.58. The van der Waals surface area contributed by atoms with E-state index in [9.17, 15) is 0 Å². The van der Waals surface area contributed by atoms with Gasteiger partial charge in [-0.25, -0.2) is 0 Å². The first kappa shape index (κ1) is 23.5. The van der Waals surface area contributed by atoms with E-state index in [1.807, 2.05) is 6.34 Å². The van der Waals surface area contributed by atoms with E-state index >= 15 is 0 Å². The van der Waals surface area contributed by atoms with Gasteiger partial charge in [0.2, 0.25) is 0 Å². The lowest BCUT2D eigenvalue weighted by atomic mass is 9.73. The van der Waals surface area contributed by atoms with Crippen LogP contribution >= 0.6 is 0 Å². The van der Waals surface area contributed by atoms with Crippen molar-refractivity contribution >= 4 is 6.34 Å². The molecule has 152 valence electrons. The van der Waals surface area contributed by atoms with Crippen molar-refractivity contribution in [3.8, 4) is 0 Å². The summed E-state index contributed by atoms with van der Waals surface area (Å²) in [5.74, 6) is 0. The molecule has 1 N–H and O–H groups in total. The molecule has 1 aliphatic rings. The number of benzene rings is 1. The van der Waals surface area contributed by atoms with E-state index in [-0.39, 0.29) is 12.8 Å². The van der Waals surface area contributed by atoms with Crippen molar-refractivity contribution in [1.82, 2.24) is 5.32 Å². The van der Waals surface area contributed by atoms with Crippen LogP contribution in [0, 0.1) is 17.8 Å². The molecule has 0 radical (unpaired) electrons. The summed E-state index contributed by atoms with van der Waals surface area (Å²) in [4.78, 5) is 4.75. The number of allylic oxidation sites excluding steroid dienone is 1. The van der Waals surface area contributed by atoms with Gasteiger partial charge in [-0.05, 0) is 68.3 Å². The summed E-state index contributed by atoms with van der Waals surface area (Å²) in [7, 11) is 0. The van der Waals surface area contributed by atoms with E-state index in [0.29, 0.717) is 5.41 Å². The molecule has 1 aromatic carbocycles. The predicted molar refractivity (Wildman–Crippen MR) is 122 cm³/mol. The maximum atomic E-state index is 4.75. The van der Waals surface area contributed by atoms with Gasteiger partial charge in [-0.3, -0.25) is 4.99 Å². The van der Waals surface area contributed by atoms with Crippen molar-refractivity contribution < 1.29 is 0 Å². The summed E-state index contributed by atoms with van der Waals surface area (Å²) in [6.45, 7) is 12.9. The highest BCUT2D eigenvalue weighted by Gasteiger charge is 2.29. The minimum Gasteiger partial charge on any atom is -0.376 e. The highest BCUT2D eigenvalue weighted by atomic mass is 14.9. The van der Waals surface area contributed by atoms with Crippen LogP contribution in [0.1, 0.15) is 77.3 Å². The lowest BCUT2D eigenvalue weighted by Crippen LogP contribution is -2.25. The lowest BCUT2D eigenvalue weighted by molar-refractivity contribution is 0.213. The molecule has 27 heavy (non-hydrogen) atoms. The molecular formula is C25H42N2. The van der Waals surface area contributed by atoms with E-state index in [1.54, 1.807) is 0 Å². The Hall–Kier alpha value is -1.57. The lowest BCUT2D eigenvalue weighted by Gasteiger charge is -2.33. The van der Waals surface area contributed by atoms with Crippen LogP contribution in [0.4, 0.5) is 0 Å². The standard InChI is InChI=1S/C24H38N2.CH4/c1-5-23(4)13-9-15-24(6-2,19-26-20-25-17-16-23)14-8-12-22-11-7-10-21(3)18-22;/h5,7,10-11,18,20H,1,6,8-9,12-17,19H2,2-4H3,(H,25,26);1H4. The van der Waals surface area contributed by atoms with E-state index in [4.69, 9.17) is 4.99 Å². The Balaban J connectivity index is 0.00000364. The summed E-state index contributed by atoms with van der Waals surface area (Å²) in [5.41, 5.74) is 3.42. The number of hydrogen-bond acceptors (Lipinski definition) is 2. The molecule has 2 heteroatoms. The van der Waals surface area contributed by atoms with E-state index in [0.717, 1.165) is 19.5 Å². The molecular weight excluding hydrogens is 328 g/mol. The summed E-state index contributed by atoms with van der Waals surface area (Å²) in [6, 6.07) is 8.95. The molecule has 2 atom stereocenters. The molecule has 0 amide bonds. The molecule has 1 aliphatic heterocycles. The van der Waals surface area contributed by atoms with E-state index < -0.39 is 0 Å². The van der Waals surface area contributed by atoms with Crippen LogP contribution in [0.5, 0.6) is 0 Å². The van der Waals surface area contributed by atoms with Gasteiger partial charge in [-0.15, -0.1) is 6.58 Å². The molecule has 0 saturated carbocycles. The van der Waals surface area contributed by atoms with Gasteiger partial charge in [0, 0.05) is 13.1 Å². The van der Waals surface area contributed by atoms with Crippen molar-refractivity contribution in [1.29, 1.82) is 0 Å². The molecule has 0 bridgehead atoms. The first-order chi connectivity index (χ1) is 12.5. The van der Waals surface area contributed by atoms with Crippen LogP contribution in [-0.4, -0.2) is 19.4 Å². The zero-order valence-corrected chi connectivity index (χ0v) is 17.2. The molecule has 0 saturated heterocycles. The number of rotatable bonds is 6. The Morgan fingerprint density at radius 1 is 1.26 bits per heavy atom. The van der Waals surface area contributed by atoms with Crippen molar-refractivity contribution in [2.45, 2.75) is 79.6 Å². The van der Waals surface area contributed by atoms with Crippen molar-refractivity contribution in [2.24, 2.45) is 15.8 Å². The average molecular weight is 371 g/mol. The Morgan fingerprint density at radius 2 is 2.07 bits per heavy atom.